The van der Waals surface area contributed by atoms with Crippen molar-refractivity contribution in [1.82, 2.24) is 9.80 Å². The maximum atomic E-state index is 12.0. The standard InChI is InChI=1S/C11H20N2O4/c1-8-7-12(2)11(16)9(6-10(14)15)13(8)4-5-17-3/h8-9H,4-7H2,1-3H3,(H,14,15). The van der Waals surface area contributed by atoms with E-state index in [0.717, 1.165) is 0 Å². The summed E-state index contributed by atoms with van der Waals surface area (Å²) in [6, 6.07) is -0.423. The Morgan fingerprint density at radius 1 is 1.59 bits per heavy atom. The number of amides is 1. The molecule has 1 rings (SSSR count). The van der Waals surface area contributed by atoms with E-state index in [-0.39, 0.29) is 18.4 Å². The number of piperazine rings is 1. The zero-order valence-electron chi connectivity index (χ0n) is 10.5. The molecule has 1 aliphatic heterocycles. The van der Waals surface area contributed by atoms with Crippen molar-refractivity contribution in [3.05, 3.63) is 0 Å². The SMILES string of the molecule is COCCN1C(C)CN(C)C(=O)C1CC(=O)O. The third-order valence-electron chi connectivity index (χ3n) is 3.09. The Hall–Kier alpha value is -1.14. The van der Waals surface area contributed by atoms with Gasteiger partial charge in [0.05, 0.1) is 13.0 Å². The molecule has 6 nitrogen and oxygen atoms in total. The summed E-state index contributed by atoms with van der Waals surface area (Å²) in [4.78, 5) is 26.3. The van der Waals surface area contributed by atoms with Gasteiger partial charge in [-0.3, -0.25) is 14.5 Å². The number of carbonyl (C=O) groups excluding carboxylic acids is 1. The first-order valence-corrected chi connectivity index (χ1v) is 5.68. The Morgan fingerprint density at radius 3 is 2.76 bits per heavy atom. The van der Waals surface area contributed by atoms with Crippen LogP contribution in [0.25, 0.3) is 0 Å². The van der Waals surface area contributed by atoms with E-state index in [1.807, 2.05) is 11.8 Å². The third kappa shape index (κ3) is 3.41. The highest BCUT2D eigenvalue weighted by atomic mass is 16.5. The van der Waals surface area contributed by atoms with E-state index < -0.39 is 12.0 Å². The van der Waals surface area contributed by atoms with E-state index in [2.05, 4.69) is 0 Å². The first kappa shape index (κ1) is 13.9. The average Bonchev–Trinajstić information content (AvgIpc) is 2.24. The van der Waals surface area contributed by atoms with E-state index >= 15 is 0 Å². The fourth-order valence-corrected chi connectivity index (χ4v) is 2.24. The summed E-state index contributed by atoms with van der Waals surface area (Å²) in [5.74, 6) is -1.07. The molecular weight excluding hydrogens is 224 g/mol. The summed E-state index contributed by atoms with van der Waals surface area (Å²) in [6.45, 7) is 3.69. The van der Waals surface area contributed by atoms with E-state index in [0.29, 0.717) is 19.7 Å². The van der Waals surface area contributed by atoms with Crippen LogP contribution in [0.3, 0.4) is 0 Å². The number of hydrogen-bond donors (Lipinski definition) is 1. The van der Waals surface area contributed by atoms with Gasteiger partial charge in [0.2, 0.25) is 5.91 Å². The van der Waals surface area contributed by atoms with Crippen LogP contribution in [0.2, 0.25) is 0 Å². The molecule has 0 bridgehead atoms. The molecule has 98 valence electrons. The molecule has 2 atom stereocenters. The van der Waals surface area contributed by atoms with E-state index in [1.54, 1.807) is 19.1 Å². The number of hydrogen-bond acceptors (Lipinski definition) is 4. The Morgan fingerprint density at radius 2 is 2.24 bits per heavy atom. The van der Waals surface area contributed by atoms with Gasteiger partial charge in [-0.25, -0.2) is 0 Å². The highest BCUT2D eigenvalue weighted by molar-refractivity contribution is 5.86. The molecule has 0 aromatic heterocycles. The van der Waals surface area contributed by atoms with Crippen molar-refractivity contribution in [3.63, 3.8) is 0 Å². The Bertz CT molecular complexity index is 295. The number of nitrogens with zero attached hydrogens (tertiary/aromatic N) is 2. The van der Waals surface area contributed by atoms with Crippen LogP contribution < -0.4 is 0 Å². The molecule has 1 fully saturated rings. The zero-order valence-corrected chi connectivity index (χ0v) is 10.5. The molecule has 0 radical (unpaired) electrons. The summed E-state index contributed by atoms with van der Waals surface area (Å²) < 4.78 is 4.99. The van der Waals surface area contributed by atoms with Gasteiger partial charge in [-0.2, -0.15) is 0 Å². The van der Waals surface area contributed by atoms with Crippen LogP contribution in [0.15, 0.2) is 0 Å². The predicted molar refractivity (Wildman–Crippen MR) is 61.7 cm³/mol. The monoisotopic (exact) mass is 244 g/mol. The molecule has 1 heterocycles. The Kier molecular flexibility index (Phi) is 4.89. The number of aliphatic carboxylic acids is 1. The van der Waals surface area contributed by atoms with Gasteiger partial charge in [-0.1, -0.05) is 0 Å². The van der Waals surface area contributed by atoms with Crippen LogP contribution in [0.1, 0.15) is 13.3 Å². The molecule has 0 aromatic carbocycles. The molecule has 17 heavy (non-hydrogen) atoms. The maximum Gasteiger partial charge on any atom is 0.305 e. The second-order valence-electron chi connectivity index (χ2n) is 4.41. The van der Waals surface area contributed by atoms with Crippen molar-refractivity contribution in [2.45, 2.75) is 25.4 Å². The maximum absolute atomic E-state index is 12.0. The fraction of sp³-hybridized carbons (Fsp3) is 0.818. The van der Waals surface area contributed by atoms with Crippen LogP contribution in [0.4, 0.5) is 0 Å². The van der Waals surface area contributed by atoms with Crippen molar-refractivity contribution < 1.29 is 19.4 Å². The number of rotatable bonds is 5. The van der Waals surface area contributed by atoms with Gasteiger partial charge in [-0.15, -0.1) is 0 Å². The van der Waals surface area contributed by atoms with Crippen molar-refractivity contribution >= 4 is 11.9 Å². The zero-order chi connectivity index (χ0) is 13.0. The number of carboxylic acids is 1. The molecule has 1 N–H and O–H groups in total. The van der Waals surface area contributed by atoms with Gasteiger partial charge in [0.15, 0.2) is 0 Å². The van der Waals surface area contributed by atoms with Gasteiger partial charge < -0.3 is 14.7 Å². The van der Waals surface area contributed by atoms with Crippen molar-refractivity contribution in [1.29, 1.82) is 0 Å². The molecule has 0 spiro atoms. The van der Waals surface area contributed by atoms with Crippen LogP contribution in [-0.2, 0) is 14.3 Å². The lowest BCUT2D eigenvalue weighted by Crippen LogP contribution is -2.60. The molecule has 2 unspecified atom stereocenters. The van der Waals surface area contributed by atoms with Crippen molar-refractivity contribution in [3.8, 4) is 0 Å². The number of ether oxygens (including phenoxy) is 1. The molecule has 1 amide bonds. The molecule has 0 saturated carbocycles. The van der Waals surface area contributed by atoms with Crippen molar-refractivity contribution in [2.24, 2.45) is 0 Å². The number of methoxy groups -OCH3 is 1. The van der Waals surface area contributed by atoms with Crippen LogP contribution in [0, 0.1) is 0 Å². The lowest BCUT2D eigenvalue weighted by Gasteiger charge is -2.43. The first-order valence-electron chi connectivity index (χ1n) is 5.68. The second kappa shape index (κ2) is 5.97. The highest BCUT2D eigenvalue weighted by Crippen LogP contribution is 2.18. The predicted octanol–water partition coefficient (Wildman–Crippen LogP) is -0.361. The lowest BCUT2D eigenvalue weighted by atomic mass is 10.0. The molecule has 0 aliphatic carbocycles. The topological polar surface area (TPSA) is 70.1 Å². The summed E-state index contributed by atoms with van der Waals surface area (Å²) in [7, 11) is 3.30. The number of likely N-dealkylation sites (N-methyl/N-ethyl adjacent to an activating group) is 1. The normalized spacial score (nSPS) is 26.3. The summed E-state index contributed by atoms with van der Waals surface area (Å²) >= 11 is 0. The van der Waals surface area contributed by atoms with Gasteiger partial charge in [0, 0.05) is 33.3 Å². The van der Waals surface area contributed by atoms with Crippen LogP contribution in [0.5, 0.6) is 0 Å². The minimum absolute atomic E-state index is 0.124. The van der Waals surface area contributed by atoms with E-state index in [4.69, 9.17) is 9.84 Å². The molecule has 1 saturated heterocycles. The third-order valence-corrected chi connectivity index (χ3v) is 3.09. The quantitative estimate of drug-likeness (QED) is 0.715. The second-order valence-corrected chi connectivity index (χ2v) is 4.41. The molecule has 6 heteroatoms. The highest BCUT2D eigenvalue weighted by Gasteiger charge is 2.38. The largest absolute Gasteiger partial charge is 0.481 e. The molecule has 0 aromatic rings. The Balaban J connectivity index is 2.79. The minimum Gasteiger partial charge on any atom is -0.481 e. The van der Waals surface area contributed by atoms with Gasteiger partial charge >= 0.3 is 5.97 Å². The summed E-state index contributed by atoms with van der Waals surface area (Å²) in [5, 5.41) is 8.87. The van der Waals surface area contributed by atoms with Gasteiger partial charge in [-0.05, 0) is 6.92 Å². The fourth-order valence-electron chi connectivity index (χ4n) is 2.24. The van der Waals surface area contributed by atoms with Crippen LogP contribution >= 0.6 is 0 Å². The minimum atomic E-state index is -0.951. The summed E-state index contributed by atoms with van der Waals surface area (Å²) in [6.07, 6.45) is -0.156. The lowest BCUT2D eigenvalue weighted by molar-refractivity contribution is -0.150. The average molecular weight is 244 g/mol. The van der Waals surface area contributed by atoms with E-state index in [1.165, 1.54) is 0 Å². The van der Waals surface area contributed by atoms with Crippen molar-refractivity contribution in [2.75, 3.05) is 33.9 Å². The Labute approximate surface area is 101 Å². The first-order chi connectivity index (χ1) is 7.97. The molecule has 1 aliphatic rings. The molecular formula is C11H20N2O4. The number of carbonyl (C=O) groups is 2. The van der Waals surface area contributed by atoms with E-state index in [9.17, 15) is 9.59 Å². The smallest absolute Gasteiger partial charge is 0.305 e. The number of carboxylic acid groups (broad SMARTS) is 1. The van der Waals surface area contributed by atoms with Gasteiger partial charge in [0.1, 0.15) is 6.04 Å². The summed E-state index contributed by atoms with van der Waals surface area (Å²) in [5.41, 5.74) is 0. The van der Waals surface area contributed by atoms with Gasteiger partial charge in [0.25, 0.3) is 0 Å². The van der Waals surface area contributed by atoms with Crippen LogP contribution in [-0.4, -0.2) is 72.7 Å².